The van der Waals surface area contributed by atoms with Gasteiger partial charge in [0.2, 0.25) is 5.91 Å². The third-order valence-corrected chi connectivity index (χ3v) is 3.85. The molecule has 0 saturated carbocycles. The third kappa shape index (κ3) is 6.83. The average Bonchev–Trinajstić information content (AvgIpc) is 2.32. The van der Waals surface area contributed by atoms with E-state index in [0.717, 1.165) is 6.92 Å². The van der Waals surface area contributed by atoms with E-state index in [0.29, 0.717) is 18.2 Å². The van der Waals surface area contributed by atoms with E-state index >= 15 is 0 Å². The molecule has 1 unspecified atom stereocenters. The Morgan fingerprint density at radius 1 is 1.29 bits per heavy atom. The van der Waals surface area contributed by atoms with Gasteiger partial charge in [-0.25, -0.2) is 4.79 Å². The van der Waals surface area contributed by atoms with Crippen LogP contribution in [0, 0.1) is 11.8 Å². The predicted octanol–water partition coefficient (Wildman–Crippen LogP) is 2.06. The van der Waals surface area contributed by atoms with Crippen LogP contribution in [-0.4, -0.2) is 40.1 Å². The van der Waals surface area contributed by atoms with Crippen molar-refractivity contribution in [2.45, 2.75) is 39.4 Å². The van der Waals surface area contributed by atoms with Gasteiger partial charge in [0.15, 0.2) is 5.12 Å². The molecule has 5 nitrogen and oxygen atoms in total. The highest BCUT2D eigenvalue weighted by Crippen LogP contribution is 2.30. The van der Waals surface area contributed by atoms with Gasteiger partial charge >= 0.3 is 12.1 Å². The molecule has 0 spiro atoms. The van der Waals surface area contributed by atoms with Gasteiger partial charge in [-0.3, -0.25) is 9.59 Å². The van der Waals surface area contributed by atoms with Gasteiger partial charge < -0.3 is 10.4 Å². The molecule has 0 heterocycles. The summed E-state index contributed by atoms with van der Waals surface area (Å²) in [6.45, 7) is 4.28. The molecular formula is C12H18F3NO4S. The fraction of sp³-hybridized carbons (Fsp3) is 0.750. The zero-order valence-electron chi connectivity index (χ0n) is 11.9. The number of hydrogen-bond acceptors (Lipinski definition) is 4. The van der Waals surface area contributed by atoms with Crippen molar-refractivity contribution in [2.75, 3.05) is 5.75 Å². The summed E-state index contributed by atoms with van der Waals surface area (Å²) in [4.78, 5) is 33.5. The van der Waals surface area contributed by atoms with Crippen LogP contribution in [0.5, 0.6) is 0 Å². The maximum absolute atomic E-state index is 12.8. The van der Waals surface area contributed by atoms with Crippen LogP contribution in [-0.2, 0) is 14.4 Å². The number of rotatable bonds is 7. The summed E-state index contributed by atoms with van der Waals surface area (Å²) in [5, 5.41) is 10.3. The van der Waals surface area contributed by atoms with Crippen LogP contribution in [0.3, 0.4) is 0 Å². The Balaban J connectivity index is 5.02. The first kappa shape index (κ1) is 19.8. The van der Waals surface area contributed by atoms with Crippen molar-refractivity contribution < 1.29 is 32.7 Å². The minimum absolute atomic E-state index is 0.377. The third-order valence-electron chi connectivity index (χ3n) is 2.94. The van der Waals surface area contributed by atoms with E-state index in [1.807, 2.05) is 5.32 Å². The van der Waals surface area contributed by atoms with Crippen molar-refractivity contribution in [3.8, 4) is 0 Å². The van der Waals surface area contributed by atoms with Gasteiger partial charge in [0.25, 0.3) is 0 Å². The second kappa shape index (κ2) is 8.26. The Morgan fingerprint density at radius 2 is 1.81 bits per heavy atom. The van der Waals surface area contributed by atoms with Crippen molar-refractivity contribution >= 4 is 28.8 Å². The zero-order valence-corrected chi connectivity index (χ0v) is 12.7. The van der Waals surface area contributed by atoms with Gasteiger partial charge in [-0.1, -0.05) is 32.0 Å². The Kier molecular flexibility index (Phi) is 7.76. The lowest BCUT2D eigenvalue weighted by molar-refractivity contribution is -0.179. The summed E-state index contributed by atoms with van der Waals surface area (Å²) < 4.78 is 38.5. The maximum atomic E-state index is 12.8. The molecule has 0 rings (SSSR count). The van der Waals surface area contributed by atoms with Crippen LogP contribution in [0.2, 0.25) is 0 Å². The topological polar surface area (TPSA) is 83.5 Å². The molecule has 0 aliphatic rings. The molecule has 0 aromatic rings. The van der Waals surface area contributed by atoms with Crippen molar-refractivity contribution in [1.82, 2.24) is 5.32 Å². The molecule has 122 valence electrons. The zero-order chi connectivity index (χ0) is 16.8. The first-order valence-corrected chi connectivity index (χ1v) is 7.22. The molecule has 0 saturated heterocycles. The standard InChI is InChI=1S/C12H18F3NO4S/c1-4-6(2)9(11(19)20)16-10(18)8(12(13,14)15)5-21-7(3)17/h6,8-9H,4-5H2,1-3H3,(H,16,18)(H,19,20)/t6-,8?,9+/m0/s1. The van der Waals surface area contributed by atoms with Gasteiger partial charge in [0.05, 0.1) is 0 Å². The first-order valence-electron chi connectivity index (χ1n) is 6.23. The first-order chi connectivity index (χ1) is 9.50. The monoisotopic (exact) mass is 329 g/mol. The Labute approximate surface area is 124 Å². The lowest BCUT2D eigenvalue weighted by Gasteiger charge is -2.24. The molecule has 3 atom stereocenters. The maximum Gasteiger partial charge on any atom is 0.401 e. The largest absolute Gasteiger partial charge is 0.480 e. The number of alkyl halides is 3. The summed E-state index contributed by atoms with van der Waals surface area (Å²) in [6, 6.07) is -1.39. The Morgan fingerprint density at radius 3 is 2.14 bits per heavy atom. The summed E-state index contributed by atoms with van der Waals surface area (Å²) in [5.74, 6) is -6.52. The fourth-order valence-corrected chi connectivity index (χ4v) is 2.20. The SMILES string of the molecule is CC[C@H](C)[C@@H](NC(=O)C(CSC(C)=O)C(F)(F)F)C(=O)O. The van der Waals surface area contributed by atoms with Gasteiger partial charge in [-0.05, 0) is 5.92 Å². The quantitative estimate of drug-likeness (QED) is 0.747. The van der Waals surface area contributed by atoms with E-state index in [-0.39, 0.29) is 0 Å². The van der Waals surface area contributed by atoms with Crippen molar-refractivity contribution in [3.63, 3.8) is 0 Å². The number of hydrogen-bond donors (Lipinski definition) is 2. The van der Waals surface area contributed by atoms with E-state index in [1.165, 1.54) is 6.92 Å². The molecule has 0 aliphatic carbocycles. The van der Waals surface area contributed by atoms with Crippen LogP contribution in [0.1, 0.15) is 27.2 Å². The van der Waals surface area contributed by atoms with E-state index in [2.05, 4.69) is 0 Å². The molecular weight excluding hydrogens is 311 g/mol. The normalized spacial score (nSPS) is 15.9. The smallest absolute Gasteiger partial charge is 0.401 e. The average molecular weight is 329 g/mol. The van der Waals surface area contributed by atoms with Crippen LogP contribution < -0.4 is 5.32 Å². The van der Waals surface area contributed by atoms with Crippen molar-refractivity contribution in [2.24, 2.45) is 11.8 Å². The minimum atomic E-state index is -4.84. The summed E-state index contributed by atoms with van der Waals surface area (Å²) in [7, 11) is 0. The molecule has 0 aromatic heterocycles. The number of thioether (sulfide) groups is 1. The van der Waals surface area contributed by atoms with E-state index in [9.17, 15) is 27.6 Å². The predicted molar refractivity (Wildman–Crippen MR) is 71.7 cm³/mol. The minimum Gasteiger partial charge on any atom is -0.480 e. The number of carbonyl (C=O) groups is 3. The molecule has 2 N–H and O–H groups in total. The van der Waals surface area contributed by atoms with E-state index in [4.69, 9.17) is 5.11 Å². The van der Waals surface area contributed by atoms with Gasteiger partial charge in [0, 0.05) is 12.7 Å². The number of halogens is 3. The van der Waals surface area contributed by atoms with Gasteiger partial charge in [-0.2, -0.15) is 13.2 Å². The second-order valence-corrected chi connectivity index (χ2v) is 5.80. The number of nitrogens with one attached hydrogen (secondary N) is 1. The number of carbonyl (C=O) groups excluding carboxylic acids is 2. The Bertz CT molecular complexity index is 400. The molecule has 0 radical (unpaired) electrons. The van der Waals surface area contributed by atoms with Gasteiger partial charge in [0.1, 0.15) is 12.0 Å². The second-order valence-electron chi connectivity index (χ2n) is 4.61. The highest BCUT2D eigenvalue weighted by molar-refractivity contribution is 8.13. The summed E-state index contributed by atoms with van der Waals surface area (Å²) in [6.07, 6.45) is -4.46. The number of aliphatic carboxylic acids is 1. The number of amides is 1. The van der Waals surface area contributed by atoms with Crippen molar-refractivity contribution in [1.29, 1.82) is 0 Å². The lowest BCUT2D eigenvalue weighted by atomic mass is 9.98. The lowest BCUT2D eigenvalue weighted by Crippen LogP contribution is -2.50. The van der Waals surface area contributed by atoms with E-state index in [1.54, 1.807) is 6.92 Å². The molecule has 21 heavy (non-hydrogen) atoms. The molecule has 0 aromatic carbocycles. The molecule has 1 amide bonds. The molecule has 0 fully saturated rings. The Hall–Kier alpha value is -1.25. The van der Waals surface area contributed by atoms with Crippen molar-refractivity contribution in [3.05, 3.63) is 0 Å². The van der Waals surface area contributed by atoms with Gasteiger partial charge in [-0.15, -0.1) is 0 Å². The van der Waals surface area contributed by atoms with E-state index < -0.39 is 46.8 Å². The van der Waals surface area contributed by atoms with Crippen LogP contribution in [0.4, 0.5) is 13.2 Å². The fourth-order valence-electron chi connectivity index (χ4n) is 1.46. The number of carboxylic acids is 1. The number of carboxylic acid groups (broad SMARTS) is 1. The van der Waals surface area contributed by atoms with Crippen LogP contribution in [0.25, 0.3) is 0 Å². The summed E-state index contributed by atoms with van der Waals surface area (Å²) in [5.41, 5.74) is 0. The highest BCUT2D eigenvalue weighted by atomic mass is 32.2. The molecule has 9 heteroatoms. The van der Waals surface area contributed by atoms with Crippen LogP contribution >= 0.6 is 11.8 Å². The van der Waals surface area contributed by atoms with Crippen LogP contribution in [0.15, 0.2) is 0 Å². The summed E-state index contributed by atoms with van der Waals surface area (Å²) >= 11 is 0.377. The highest BCUT2D eigenvalue weighted by Gasteiger charge is 2.46. The molecule has 0 bridgehead atoms. The molecule has 0 aliphatic heterocycles.